The molecule has 0 amide bonds. The van der Waals surface area contributed by atoms with Gasteiger partial charge in [-0.1, -0.05) is 6.07 Å². The Morgan fingerprint density at radius 3 is 2.37 bits per heavy atom. The van der Waals surface area contributed by atoms with Crippen LogP contribution in [0.3, 0.4) is 0 Å². The highest BCUT2D eigenvalue weighted by Gasteiger charge is 2.12. The fourth-order valence-corrected chi connectivity index (χ4v) is 1.59. The van der Waals surface area contributed by atoms with Crippen LogP contribution in [0.15, 0.2) is 30.3 Å². The maximum atomic E-state index is 13.5. The molecule has 0 aliphatic heterocycles. The Labute approximate surface area is 106 Å². The molecular weight excluding hydrogens is 260 g/mol. The summed E-state index contributed by atoms with van der Waals surface area (Å²) in [6, 6.07) is 5.09. The SMILES string of the molecule is Nc1ccc(F)c(F)c1NCc1ccc(F)cc1F. The molecule has 3 N–H and O–H groups in total. The van der Waals surface area contributed by atoms with E-state index in [9.17, 15) is 17.6 Å². The third kappa shape index (κ3) is 2.78. The summed E-state index contributed by atoms with van der Waals surface area (Å²) in [5.41, 5.74) is 5.36. The van der Waals surface area contributed by atoms with Gasteiger partial charge in [0.1, 0.15) is 11.6 Å². The predicted molar refractivity (Wildman–Crippen MR) is 64.5 cm³/mol. The molecule has 0 bridgehead atoms. The lowest BCUT2D eigenvalue weighted by Crippen LogP contribution is -2.07. The maximum Gasteiger partial charge on any atom is 0.183 e. The van der Waals surface area contributed by atoms with Crippen molar-refractivity contribution < 1.29 is 17.6 Å². The normalized spacial score (nSPS) is 10.5. The van der Waals surface area contributed by atoms with E-state index in [1.54, 1.807) is 0 Å². The molecule has 0 fully saturated rings. The number of nitrogens with one attached hydrogen (secondary N) is 1. The van der Waals surface area contributed by atoms with Gasteiger partial charge >= 0.3 is 0 Å². The molecule has 0 aliphatic rings. The van der Waals surface area contributed by atoms with Crippen LogP contribution in [0.25, 0.3) is 0 Å². The Morgan fingerprint density at radius 2 is 1.68 bits per heavy atom. The third-order valence-corrected chi connectivity index (χ3v) is 2.60. The van der Waals surface area contributed by atoms with Gasteiger partial charge in [0.2, 0.25) is 0 Å². The first-order chi connectivity index (χ1) is 8.99. The Kier molecular flexibility index (Phi) is 3.59. The molecule has 0 unspecified atom stereocenters. The molecule has 0 aromatic heterocycles. The number of hydrogen-bond donors (Lipinski definition) is 2. The number of anilines is 2. The van der Waals surface area contributed by atoms with Crippen molar-refractivity contribution in [3.8, 4) is 0 Å². The van der Waals surface area contributed by atoms with E-state index in [0.29, 0.717) is 6.07 Å². The van der Waals surface area contributed by atoms with Crippen LogP contribution < -0.4 is 11.1 Å². The second-order valence-corrected chi connectivity index (χ2v) is 3.91. The predicted octanol–water partition coefficient (Wildman–Crippen LogP) is 3.44. The zero-order chi connectivity index (χ0) is 14.0. The number of halogens is 4. The lowest BCUT2D eigenvalue weighted by Gasteiger charge is -2.11. The van der Waals surface area contributed by atoms with Gasteiger partial charge in [-0.05, 0) is 18.2 Å². The topological polar surface area (TPSA) is 38.0 Å². The Hall–Kier alpha value is -2.24. The van der Waals surface area contributed by atoms with E-state index in [0.717, 1.165) is 12.1 Å². The van der Waals surface area contributed by atoms with Gasteiger partial charge in [0.25, 0.3) is 0 Å². The van der Waals surface area contributed by atoms with Gasteiger partial charge in [-0.2, -0.15) is 0 Å². The number of rotatable bonds is 3. The van der Waals surface area contributed by atoms with Crippen LogP contribution >= 0.6 is 0 Å². The van der Waals surface area contributed by atoms with Gasteiger partial charge in [0.15, 0.2) is 11.6 Å². The minimum atomic E-state index is -1.14. The molecule has 19 heavy (non-hydrogen) atoms. The molecule has 0 spiro atoms. The molecular formula is C13H10F4N2. The number of hydrogen-bond acceptors (Lipinski definition) is 2. The molecule has 0 saturated carbocycles. The average Bonchev–Trinajstić information content (AvgIpc) is 2.36. The van der Waals surface area contributed by atoms with Crippen molar-refractivity contribution in [2.24, 2.45) is 0 Å². The standard InChI is InChI=1S/C13H10F4N2/c14-8-2-1-7(10(16)5-8)6-19-13-11(18)4-3-9(15)12(13)17/h1-5,19H,6,18H2. The van der Waals surface area contributed by atoms with Crippen LogP contribution in [0.2, 0.25) is 0 Å². The summed E-state index contributed by atoms with van der Waals surface area (Å²) in [6.45, 7) is -0.142. The molecule has 0 heterocycles. The zero-order valence-corrected chi connectivity index (χ0v) is 9.68. The van der Waals surface area contributed by atoms with Crippen molar-refractivity contribution in [1.29, 1.82) is 0 Å². The van der Waals surface area contributed by atoms with Crippen molar-refractivity contribution in [2.75, 3.05) is 11.1 Å². The molecule has 0 aliphatic carbocycles. The molecule has 2 aromatic rings. The van der Waals surface area contributed by atoms with Gasteiger partial charge in [0.05, 0.1) is 11.4 Å². The van der Waals surface area contributed by atoms with Crippen LogP contribution in [0.4, 0.5) is 28.9 Å². The number of benzene rings is 2. The van der Waals surface area contributed by atoms with Crippen molar-refractivity contribution in [3.63, 3.8) is 0 Å². The van der Waals surface area contributed by atoms with E-state index >= 15 is 0 Å². The minimum absolute atomic E-state index is 0.00131. The van der Waals surface area contributed by atoms with Crippen LogP contribution in [-0.4, -0.2) is 0 Å². The summed E-state index contributed by atoms with van der Waals surface area (Å²) in [4.78, 5) is 0. The Morgan fingerprint density at radius 1 is 0.947 bits per heavy atom. The monoisotopic (exact) mass is 270 g/mol. The van der Waals surface area contributed by atoms with E-state index in [2.05, 4.69) is 5.32 Å². The molecule has 2 rings (SSSR count). The second kappa shape index (κ2) is 5.17. The lowest BCUT2D eigenvalue weighted by molar-refractivity contribution is 0.511. The molecule has 0 radical (unpaired) electrons. The van der Waals surface area contributed by atoms with Gasteiger partial charge in [-0.15, -0.1) is 0 Å². The fraction of sp³-hybridized carbons (Fsp3) is 0.0769. The summed E-state index contributed by atoms with van der Waals surface area (Å²) < 4.78 is 52.5. The second-order valence-electron chi connectivity index (χ2n) is 3.91. The highest BCUT2D eigenvalue weighted by molar-refractivity contribution is 5.66. The first-order valence-electron chi connectivity index (χ1n) is 5.40. The highest BCUT2D eigenvalue weighted by Crippen LogP contribution is 2.25. The Balaban J connectivity index is 2.21. The maximum absolute atomic E-state index is 13.5. The first kappa shape index (κ1) is 13.2. The summed E-state index contributed by atoms with van der Waals surface area (Å²) >= 11 is 0. The largest absolute Gasteiger partial charge is 0.397 e. The lowest BCUT2D eigenvalue weighted by atomic mass is 10.2. The van der Waals surface area contributed by atoms with E-state index in [4.69, 9.17) is 5.73 Å². The number of nitrogens with two attached hydrogens (primary N) is 1. The summed E-state index contributed by atoms with van der Waals surface area (Å²) in [6.07, 6.45) is 0. The molecule has 2 aromatic carbocycles. The van der Waals surface area contributed by atoms with Gasteiger partial charge < -0.3 is 11.1 Å². The molecule has 6 heteroatoms. The van der Waals surface area contributed by atoms with Gasteiger partial charge in [-0.3, -0.25) is 0 Å². The van der Waals surface area contributed by atoms with Gasteiger partial charge in [-0.25, -0.2) is 17.6 Å². The van der Waals surface area contributed by atoms with Crippen molar-refractivity contribution >= 4 is 11.4 Å². The Bertz CT molecular complexity index is 614. The quantitative estimate of drug-likeness (QED) is 0.662. The molecule has 2 nitrogen and oxygen atoms in total. The van der Waals surface area contributed by atoms with Crippen molar-refractivity contribution in [3.05, 3.63) is 59.2 Å². The molecule has 100 valence electrons. The average molecular weight is 270 g/mol. The third-order valence-electron chi connectivity index (χ3n) is 2.60. The summed E-state index contributed by atoms with van der Waals surface area (Å²) in [5.74, 6) is -3.68. The summed E-state index contributed by atoms with van der Waals surface area (Å²) in [5, 5.41) is 2.50. The van der Waals surface area contributed by atoms with E-state index in [1.807, 2.05) is 0 Å². The zero-order valence-electron chi connectivity index (χ0n) is 9.68. The van der Waals surface area contributed by atoms with Gasteiger partial charge in [0, 0.05) is 18.2 Å². The van der Waals surface area contributed by atoms with Crippen LogP contribution in [0.1, 0.15) is 5.56 Å². The minimum Gasteiger partial charge on any atom is -0.397 e. The van der Waals surface area contributed by atoms with Crippen molar-refractivity contribution in [2.45, 2.75) is 6.54 Å². The van der Waals surface area contributed by atoms with Crippen LogP contribution in [0, 0.1) is 23.3 Å². The van der Waals surface area contributed by atoms with E-state index < -0.39 is 23.3 Å². The number of nitrogen functional groups attached to an aromatic ring is 1. The molecule has 0 saturated heterocycles. The highest BCUT2D eigenvalue weighted by atomic mass is 19.2. The van der Waals surface area contributed by atoms with Crippen molar-refractivity contribution in [1.82, 2.24) is 0 Å². The molecule has 0 atom stereocenters. The van der Waals surface area contributed by atoms with Crippen LogP contribution in [-0.2, 0) is 6.54 Å². The van der Waals surface area contributed by atoms with Crippen LogP contribution in [0.5, 0.6) is 0 Å². The first-order valence-corrected chi connectivity index (χ1v) is 5.40. The van der Waals surface area contributed by atoms with E-state index in [-0.39, 0.29) is 23.5 Å². The smallest absolute Gasteiger partial charge is 0.183 e. The van der Waals surface area contributed by atoms with E-state index in [1.165, 1.54) is 12.1 Å². The summed E-state index contributed by atoms with van der Waals surface area (Å²) in [7, 11) is 0. The fourth-order valence-electron chi connectivity index (χ4n) is 1.59.